The lowest BCUT2D eigenvalue weighted by molar-refractivity contribution is 0.294. The number of aromatic nitrogens is 2. The standard InChI is InChI=1S/C18H19N3S/c1-2-7-17-16(6-1)19-18(20-17)15-5-3-4-14(12-15)13-21-8-10-22-11-9-21/h1-7,12H,8-11,13H2,(H,19,20). The second-order valence-electron chi connectivity index (χ2n) is 5.69. The third kappa shape index (κ3) is 2.89. The van der Waals surface area contributed by atoms with Gasteiger partial charge in [-0.25, -0.2) is 4.98 Å². The summed E-state index contributed by atoms with van der Waals surface area (Å²) in [5.41, 5.74) is 4.65. The van der Waals surface area contributed by atoms with Gasteiger partial charge in [0.05, 0.1) is 11.0 Å². The van der Waals surface area contributed by atoms with Gasteiger partial charge in [0, 0.05) is 36.7 Å². The van der Waals surface area contributed by atoms with Crippen molar-refractivity contribution in [3.05, 3.63) is 54.1 Å². The number of hydrogen-bond acceptors (Lipinski definition) is 3. The first kappa shape index (κ1) is 13.9. The molecule has 0 radical (unpaired) electrons. The molecule has 1 aliphatic rings. The Kier molecular flexibility index (Phi) is 3.87. The Bertz CT molecular complexity index is 742. The van der Waals surface area contributed by atoms with E-state index in [0.29, 0.717) is 0 Å². The molecule has 0 aliphatic carbocycles. The normalized spacial score (nSPS) is 16.2. The second-order valence-corrected chi connectivity index (χ2v) is 6.92. The first-order valence-electron chi connectivity index (χ1n) is 7.73. The summed E-state index contributed by atoms with van der Waals surface area (Å²) in [4.78, 5) is 10.6. The van der Waals surface area contributed by atoms with Crippen LogP contribution < -0.4 is 0 Å². The number of para-hydroxylation sites is 2. The minimum Gasteiger partial charge on any atom is -0.338 e. The number of nitrogens with one attached hydrogen (secondary N) is 1. The number of thioether (sulfide) groups is 1. The number of nitrogens with zero attached hydrogens (tertiary/aromatic N) is 2. The summed E-state index contributed by atoms with van der Waals surface area (Å²) < 4.78 is 0. The molecule has 0 spiro atoms. The first-order chi connectivity index (χ1) is 10.9. The summed E-state index contributed by atoms with van der Waals surface area (Å²) in [6, 6.07) is 16.9. The number of benzene rings is 2. The van der Waals surface area contributed by atoms with Crippen LogP contribution in [0.15, 0.2) is 48.5 Å². The predicted octanol–water partition coefficient (Wildman–Crippen LogP) is 3.78. The van der Waals surface area contributed by atoms with E-state index in [0.717, 1.165) is 23.4 Å². The zero-order valence-corrected chi connectivity index (χ0v) is 13.3. The van der Waals surface area contributed by atoms with Crippen molar-refractivity contribution < 1.29 is 0 Å². The van der Waals surface area contributed by atoms with Crippen molar-refractivity contribution in [1.82, 2.24) is 14.9 Å². The topological polar surface area (TPSA) is 31.9 Å². The molecular formula is C18H19N3S. The molecule has 0 amide bonds. The highest BCUT2D eigenvalue weighted by Crippen LogP contribution is 2.22. The van der Waals surface area contributed by atoms with Crippen LogP contribution in [0.3, 0.4) is 0 Å². The number of rotatable bonds is 3. The second kappa shape index (κ2) is 6.15. The zero-order chi connectivity index (χ0) is 14.8. The van der Waals surface area contributed by atoms with Gasteiger partial charge in [0.15, 0.2) is 0 Å². The maximum atomic E-state index is 4.70. The summed E-state index contributed by atoms with van der Waals surface area (Å²) in [6.45, 7) is 3.42. The molecule has 1 fully saturated rings. The van der Waals surface area contributed by atoms with Crippen LogP contribution in [0.5, 0.6) is 0 Å². The van der Waals surface area contributed by atoms with Gasteiger partial charge in [-0.2, -0.15) is 11.8 Å². The molecule has 3 aromatic rings. The third-order valence-electron chi connectivity index (χ3n) is 4.10. The lowest BCUT2D eigenvalue weighted by atomic mass is 10.1. The van der Waals surface area contributed by atoms with E-state index in [9.17, 15) is 0 Å². The van der Waals surface area contributed by atoms with Crippen molar-refractivity contribution in [3.8, 4) is 11.4 Å². The molecule has 1 saturated heterocycles. The van der Waals surface area contributed by atoms with Crippen molar-refractivity contribution in [2.75, 3.05) is 24.6 Å². The van der Waals surface area contributed by atoms with Crippen LogP contribution in [0.4, 0.5) is 0 Å². The van der Waals surface area contributed by atoms with Crippen molar-refractivity contribution in [2.45, 2.75) is 6.54 Å². The van der Waals surface area contributed by atoms with Gasteiger partial charge in [-0.1, -0.05) is 30.3 Å². The molecule has 0 saturated carbocycles. The Morgan fingerprint density at radius 2 is 1.91 bits per heavy atom. The lowest BCUT2D eigenvalue weighted by Crippen LogP contribution is -2.31. The summed E-state index contributed by atoms with van der Waals surface area (Å²) >= 11 is 2.05. The van der Waals surface area contributed by atoms with Crippen molar-refractivity contribution in [1.29, 1.82) is 0 Å². The van der Waals surface area contributed by atoms with Crippen LogP contribution >= 0.6 is 11.8 Å². The van der Waals surface area contributed by atoms with Crippen molar-refractivity contribution in [2.24, 2.45) is 0 Å². The quantitative estimate of drug-likeness (QED) is 0.799. The highest BCUT2D eigenvalue weighted by Gasteiger charge is 2.11. The Morgan fingerprint density at radius 1 is 1.05 bits per heavy atom. The number of H-pyrrole nitrogens is 1. The maximum Gasteiger partial charge on any atom is 0.138 e. The molecule has 22 heavy (non-hydrogen) atoms. The third-order valence-corrected chi connectivity index (χ3v) is 5.04. The average Bonchev–Trinajstić information content (AvgIpc) is 3.00. The van der Waals surface area contributed by atoms with E-state index in [2.05, 4.69) is 52.0 Å². The van der Waals surface area contributed by atoms with Crippen LogP contribution in [-0.4, -0.2) is 39.5 Å². The summed E-state index contributed by atoms with van der Waals surface area (Å²) in [6.07, 6.45) is 0. The van der Waals surface area contributed by atoms with Crippen molar-refractivity contribution in [3.63, 3.8) is 0 Å². The molecule has 2 heterocycles. The highest BCUT2D eigenvalue weighted by atomic mass is 32.2. The van der Waals surface area contributed by atoms with E-state index in [-0.39, 0.29) is 0 Å². The van der Waals surface area contributed by atoms with E-state index in [1.54, 1.807) is 0 Å². The number of aromatic amines is 1. The van der Waals surface area contributed by atoms with Crippen LogP contribution in [0.2, 0.25) is 0 Å². The van der Waals surface area contributed by atoms with Crippen LogP contribution in [0.1, 0.15) is 5.56 Å². The van der Waals surface area contributed by atoms with E-state index in [1.807, 2.05) is 18.2 Å². The monoisotopic (exact) mass is 309 g/mol. The Hall–Kier alpha value is -1.78. The number of hydrogen-bond donors (Lipinski definition) is 1. The van der Waals surface area contributed by atoms with Gasteiger partial charge in [-0.3, -0.25) is 4.90 Å². The predicted molar refractivity (Wildman–Crippen MR) is 94.1 cm³/mol. The molecule has 0 unspecified atom stereocenters. The summed E-state index contributed by atoms with van der Waals surface area (Å²) in [5, 5.41) is 0. The van der Waals surface area contributed by atoms with E-state index < -0.39 is 0 Å². The molecule has 1 aliphatic heterocycles. The smallest absolute Gasteiger partial charge is 0.138 e. The van der Waals surface area contributed by atoms with Gasteiger partial charge in [0.25, 0.3) is 0 Å². The molecule has 2 aromatic carbocycles. The van der Waals surface area contributed by atoms with Gasteiger partial charge in [-0.05, 0) is 23.8 Å². The van der Waals surface area contributed by atoms with Gasteiger partial charge < -0.3 is 4.98 Å². The molecule has 4 rings (SSSR count). The molecule has 112 valence electrons. The van der Waals surface area contributed by atoms with Gasteiger partial charge >= 0.3 is 0 Å². The number of imidazole rings is 1. The molecule has 0 bridgehead atoms. The average molecular weight is 309 g/mol. The van der Waals surface area contributed by atoms with Crippen LogP contribution in [0, 0.1) is 0 Å². The fourth-order valence-electron chi connectivity index (χ4n) is 2.92. The molecule has 3 nitrogen and oxygen atoms in total. The SMILES string of the molecule is c1cc(CN2CCSCC2)cc(-c2nc3ccccc3[nH]2)c1. The summed E-state index contributed by atoms with van der Waals surface area (Å²) in [5.74, 6) is 3.46. The number of fused-ring (bicyclic) bond motifs is 1. The summed E-state index contributed by atoms with van der Waals surface area (Å²) in [7, 11) is 0. The fraction of sp³-hybridized carbons (Fsp3) is 0.278. The van der Waals surface area contributed by atoms with E-state index >= 15 is 0 Å². The highest BCUT2D eigenvalue weighted by molar-refractivity contribution is 7.99. The lowest BCUT2D eigenvalue weighted by Gasteiger charge is -2.26. The van der Waals surface area contributed by atoms with Crippen LogP contribution in [-0.2, 0) is 6.54 Å². The first-order valence-corrected chi connectivity index (χ1v) is 8.88. The van der Waals surface area contributed by atoms with E-state index in [4.69, 9.17) is 4.98 Å². The molecular weight excluding hydrogens is 290 g/mol. The molecule has 4 heteroatoms. The largest absolute Gasteiger partial charge is 0.338 e. The minimum atomic E-state index is 0.956. The van der Waals surface area contributed by atoms with Gasteiger partial charge in [0.1, 0.15) is 5.82 Å². The van der Waals surface area contributed by atoms with Gasteiger partial charge in [-0.15, -0.1) is 0 Å². The van der Waals surface area contributed by atoms with E-state index in [1.165, 1.54) is 35.7 Å². The zero-order valence-electron chi connectivity index (χ0n) is 12.5. The van der Waals surface area contributed by atoms with Crippen LogP contribution in [0.25, 0.3) is 22.4 Å². The Balaban J connectivity index is 1.60. The van der Waals surface area contributed by atoms with Gasteiger partial charge in [0.2, 0.25) is 0 Å². The minimum absolute atomic E-state index is 0.956. The Morgan fingerprint density at radius 3 is 2.77 bits per heavy atom. The molecule has 1 N–H and O–H groups in total. The fourth-order valence-corrected chi connectivity index (χ4v) is 3.90. The molecule has 0 atom stereocenters. The maximum absolute atomic E-state index is 4.70. The molecule has 1 aromatic heterocycles. The Labute approximate surface area is 134 Å². The van der Waals surface area contributed by atoms with Crippen molar-refractivity contribution >= 4 is 22.8 Å².